The first kappa shape index (κ1) is 20.1. The van der Waals surface area contributed by atoms with E-state index in [1.54, 1.807) is 26.5 Å². The number of aromatic nitrogens is 2. The van der Waals surface area contributed by atoms with E-state index in [9.17, 15) is 9.90 Å². The zero-order valence-corrected chi connectivity index (χ0v) is 16.6. The van der Waals surface area contributed by atoms with Gasteiger partial charge in [-0.25, -0.2) is 9.97 Å². The normalized spacial score (nSPS) is 14.8. The Hall–Kier alpha value is -2.67. The molecule has 0 radical (unpaired) electrons. The predicted molar refractivity (Wildman–Crippen MR) is 104 cm³/mol. The molecule has 7 heteroatoms. The fourth-order valence-electron chi connectivity index (χ4n) is 3.64. The highest BCUT2D eigenvalue weighted by molar-refractivity contribution is 5.79. The molecular formula is C21H27N3O4. The molecule has 1 saturated heterocycles. The Balaban J connectivity index is 1.64. The summed E-state index contributed by atoms with van der Waals surface area (Å²) >= 11 is 0. The standard InChI is InChI=1S/C21H27N3O4/c1-14-22-12-17(13-25)21(23-14)16-4-6-24(7-5-16)20(26)10-15-8-18(27-2)11-19(9-15)28-3/h8-9,11-12,16,25H,4-7,10,13H2,1-3H3. The number of piperidine rings is 1. The lowest BCUT2D eigenvalue weighted by Gasteiger charge is -2.32. The number of rotatable bonds is 6. The van der Waals surface area contributed by atoms with Crippen LogP contribution < -0.4 is 9.47 Å². The summed E-state index contributed by atoms with van der Waals surface area (Å²) in [6, 6.07) is 5.52. The van der Waals surface area contributed by atoms with Gasteiger partial charge in [0.15, 0.2) is 0 Å². The van der Waals surface area contributed by atoms with Crippen molar-refractivity contribution in [3.8, 4) is 11.5 Å². The van der Waals surface area contributed by atoms with Crippen LogP contribution in [0.15, 0.2) is 24.4 Å². The first-order chi connectivity index (χ1) is 13.5. The average molecular weight is 385 g/mol. The third-order valence-corrected chi connectivity index (χ3v) is 5.19. The van der Waals surface area contributed by atoms with Gasteiger partial charge in [-0.1, -0.05) is 0 Å². The largest absolute Gasteiger partial charge is 0.497 e. The molecule has 1 aromatic heterocycles. The number of hydrogen-bond acceptors (Lipinski definition) is 6. The van der Waals surface area contributed by atoms with Gasteiger partial charge in [0.1, 0.15) is 17.3 Å². The smallest absolute Gasteiger partial charge is 0.226 e. The molecule has 0 atom stereocenters. The molecule has 1 N–H and O–H groups in total. The third kappa shape index (κ3) is 4.59. The summed E-state index contributed by atoms with van der Waals surface area (Å²) in [4.78, 5) is 23.4. The van der Waals surface area contributed by atoms with E-state index in [2.05, 4.69) is 9.97 Å². The molecule has 2 heterocycles. The van der Waals surface area contributed by atoms with Crippen LogP contribution in [-0.2, 0) is 17.8 Å². The van der Waals surface area contributed by atoms with Crippen LogP contribution in [0.1, 0.15) is 41.4 Å². The van der Waals surface area contributed by atoms with Crippen molar-refractivity contribution in [2.75, 3.05) is 27.3 Å². The van der Waals surface area contributed by atoms with Crippen molar-refractivity contribution in [2.45, 2.75) is 38.7 Å². The molecule has 150 valence electrons. The van der Waals surface area contributed by atoms with Crippen LogP contribution in [0, 0.1) is 6.92 Å². The monoisotopic (exact) mass is 385 g/mol. The van der Waals surface area contributed by atoms with Gasteiger partial charge in [0.2, 0.25) is 5.91 Å². The molecule has 1 aliphatic heterocycles. The zero-order valence-electron chi connectivity index (χ0n) is 16.6. The number of benzene rings is 1. The molecule has 0 unspecified atom stereocenters. The van der Waals surface area contributed by atoms with Crippen LogP contribution in [0.4, 0.5) is 0 Å². The van der Waals surface area contributed by atoms with Crippen LogP contribution in [0.3, 0.4) is 0 Å². The Morgan fingerprint density at radius 1 is 1.18 bits per heavy atom. The molecule has 3 rings (SSSR count). The third-order valence-electron chi connectivity index (χ3n) is 5.19. The van der Waals surface area contributed by atoms with Crippen molar-refractivity contribution in [3.63, 3.8) is 0 Å². The van der Waals surface area contributed by atoms with Gasteiger partial charge >= 0.3 is 0 Å². The van der Waals surface area contributed by atoms with Crippen LogP contribution in [0.2, 0.25) is 0 Å². The number of likely N-dealkylation sites (tertiary alicyclic amines) is 1. The number of hydrogen-bond donors (Lipinski definition) is 1. The number of carbonyl (C=O) groups excluding carboxylic acids is 1. The van der Waals surface area contributed by atoms with Gasteiger partial charge in [-0.05, 0) is 37.5 Å². The lowest BCUT2D eigenvalue weighted by Crippen LogP contribution is -2.39. The maximum absolute atomic E-state index is 12.8. The van der Waals surface area contributed by atoms with Crippen molar-refractivity contribution < 1.29 is 19.4 Å². The molecule has 7 nitrogen and oxygen atoms in total. The van der Waals surface area contributed by atoms with Crippen LogP contribution in [0.5, 0.6) is 11.5 Å². The first-order valence-electron chi connectivity index (χ1n) is 9.47. The van der Waals surface area contributed by atoms with Gasteiger partial charge in [0.05, 0.1) is 32.9 Å². The number of aliphatic hydroxyl groups excluding tert-OH is 1. The second-order valence-electron chi connectivity index (χ2n) is 7.04. The zero-order chi connectivity index (χ0) is 20.1. The van der Waals surface area contributed by atoms with Crippen molar-refractivity contribution in [1.29, 1.82) is 0 Å². The van der Waals surface area contributed by atoms with Crippen LogP contribution in [-0.4, -0.2) is 53.2 Å². The maximum Gasteiger partial charge on any atom is 0.226 e. The highest BCUT2D eigenvalue weighted by Crippen LogP contribution is 2.30. The van der Waals surface area contributed by atoms with E-state index in [1.165, 1.54) is 0 Å². The number of methoxy groups -OCH3 is 2. The Labute approximate surface area is 165 Å². The number of ether oxygens (including phenoxy) is 2. The highest BCUT2D eigenvalue weighted by atomic mass is 16.5. The van der Waals surface area contributed by atoms with E-state index < -0.39 is 0 Å². The number of amides is 1. The van der Waals surface area contributed by atoms with Gasteiger partial charge in [0.25, 0.3) is 0 Å². The van der Waals surface area contributed by atoms with Gasteiger partial charge in [-0.2, -0.15) is 0 Å². The molecule has 0 saturated carbocycles. The van der Waals surface area contributed by atoms with Gasteiger partial charge in [-0.3, -0.25) is 4.79 Å². The van der Waals surface area contributed by atoms with E-state index in [0.29, 0.717) is 36.8 Å². The van der Waals surface area contributed by atoms with E-state index in [-0.39, 0.29) is 18.4 Å². The minimum absolute atomic E-state index is 0.0631. The second kappa shape index (κ2) is 9.01. The Morgan fingerprint density at radius 2 is 1.82 bits per heavy atom. The maximum atomic E-state index is 12.8. The molecule has 0 spiro atoms. The van der Waals surface area contributed by atoms with E-state index in [1.807, 2.05) is 24.0 Å². The van der Waals surface area contributed by atoms with E-state index >= 15 is 0 Å². The second-order valence-corrected chi connectivity index (χ2v) is 7.04. The summed E-state index contributed by atoms with van der Waals surface area (Å²) in [5, 5.41) is 9.56. The Kier molecular flexibility index (Phi) is 6.46. The Morgan fingerprint density at radius 3 is 2.39 bits per heavy atom. The molecule has 28 heavy (non-hydrogen) atoms. The summed E-state index contributed by atoms with van der Waals surface area (Å²) < 4.78 is 10.6. The van der Waals surface area contributed by atoms with E-state index in [4.69, 9.17) is 9.47 Å². The van der Waals surface area contributed by atoms with Gasteiger partial charge in [0, 0.05) is 36.8 Å². The van der Waals surface area contributed by atoms with Crippen molar-refractivity contribution >= 4 is 5.91 Å². The average Bonchev–Trinajstić information content (AvgIpc) is 2.73. The van der Waals surface area contributed by atoms with Gasteiger partial charge in [-0.15, -0.1) is 0 Å². The fraction of sp³-hybridized carbons (Fsp3) is 0.476. The number of nitrogens with zero attached hydrogens (tertiary/aromatic N) is 3. The number of aryl methyl sites for hydroxylation is 1. The first-order valence-corrected chi connectivity index (χ1v) is 9.47. The summed E-state index contributed by atoms with van der Waals surface area (Å²) in [6.07, 6.45) is 3.67. The summed E-state index contributed by atoms with van der Waals surface area (Å²) in [5.74, 6) is 2.39. The molecule has 0 aliphatic carbocycles. The Bertz CT molecular complexity index is 810. The summed E-state index contributed by atoms with van der Waals surface area (Å²) in [7, 11) is 3.20. The van der Waals surface area contributed by atoms with Gasteiger partial charge < -0.3 is 19.5 Å². The minimum atomic E-state index is -0.0631. The van der Waals surface area contributed by atoms with Crippen molar-refractivity contribution in [1.82, 2.24) is 14.9 Å². The topological polar surface area (TPSA) is 84.8 Å². The quantitative estimate of drug-likeness (QED) is 0.821. The molecule has 1 aliphatic rings. The predicted octanol–water partition coefficient (Wildman–Crippen LogP) is 2.24. The lowest BCUT2D eigenvalue weighted by atomic mass is 9.90. The summed E-state index contributed by atoms with van der Waals surface area (Å²) in [6.45, 7) is 3.15. The molecular weight excluding hydrogens is 358 g/mol. The van der Waals surface area contributed by atoms with Crippen LogP contribution >= 0.6 is 0 Å². The minimum Gasteiger partial charge on any atom is -0.497 e. The van der Waals surface area contributed by atoms with Crippen molar-refractivity contribution in [3.05, 3.63) is 47.0 Å². The SMILES string of the molecule is COc1cc(CC(=O)N2CCC(c3nc(C)ncc3CO)CC2)cc(OC)c1. The number of aliphatic hydroxyl groups is 1. The molecule has 2 aromatic rings. The van der Waals surface area contributed by atoms with E-state index in [0.717, 1.165) is 29.7 Å². The fourth-order valence-corrected chi connectivity index (χ4v) is 3.64. The van der Waals surface area contributed by atoms with Crippen LogP contribution in [0.25, 0.3) is 0 Å². The molecule has 1 aromatic carbocycles. The number of carbonyl (C=O) groups is 1. The molecule has 1 fully saturated rings. The molecule has 0 bridgehead atoms. The molecule has 1 amide bonds. The van der Waals surface area contributed by atoms with Crippen molar-refractivity contribution in [2.24, 2.45) is 0 Å². The summed E-state index contributed by atoms with van der Waals surface area (Å²) in [5.41, 5.74) is 2.57. The lowest BCUT2D eigenvalue weighted by molar-refractivity contribution is -0.131. The highest BCUT2D eigenvalue weighted by Gasteiger charge is 2.26.